The molecule has 0 bridgehead atoms. The molecule has 0 N–H and O–H groups in total. The van der Waals surface area contributed by atoms with Gasteiger partial charge in [0.25, 0.3) is 0 Å². The van der Waals surface area contributed by atoms with E-state index in [9.17, 15) is 19.5 Å². The lowest BCUT2D eigenvalue weighted by Gasteiger charge is -2.26. The predicted molar refractivity (Wildman–Crippen MR) is 435 cm³/mol. The summed E-state index contributed by atoms with van der Waals surface area (Å²) in [5, 5.41) is 11.9. The zero-order valence-electron chi connectivity index (χ0n) is 65.7. The highest BCUT2D eigenvalue weighted by molar-refractivity contribution is 5.70. The molecular formula is C92H153NO8. The van der Waals surface area contributed by atoms with E-state index in [0.717, 1.165) is 122 Å². The monoisotopic (exact) mass is 1400 g/mol. The van der Waals surface area contributed by atoms with Crippen LogP contribution in [-0.4, -0.2) is 82.3 Å². The first-order chi connectivity index (χ1) is 49.6. The summed E-state index contributed by atoms with van der Waals surface area (Å²) in [6.07, 6.45) is 118. The number of esters is 2. The van der Waals surface area contributed by atoms with E-state index in [0.29, 0.717) is 17.4 Å². The molecule has 0 amide bonds. The lowest BCUT2D eigenvalue weighted by molar-refractivity contribution is -0.870. The first-order valence-corrected chi connectivity index (χ1v) is 41.3. The Morgan fingerprint density at radius 1 is 0.307 bits per heavy atom. The largest absolute Gasteiger partial charge is 0.545 e. The molecule has 574 valence electrons. The van der Waals surface area contributed by atoms with Crippen molar-refractivity contribution in [2.24, 2.45) is 0 Å². The zero-order chi connectivity index (χ0) is 73.2. The number of unbranched alkanes of at least 4 members (excludes halogenated alkanes) is 32. The molecule has 0 spiro atoms. The molecule has 0 aromatic carbocycles. The normalized spacial score (nSPS) is 13.6. The number of likely N-dealkylation sites (N-methyl/N-ethyl adjacent to an activating group) is 1. The van der Waals surface area contributed by atoms with Crippen molar-refractivity contribution in [3.05, 3.63) is 170 Å². The fraction of sp³-hybridized carbons (Fsp3) is 0.663. The summed E-state index contributed by atoms with van der Waals surface area (Å²) in [4.78, 5) is 37.6. The molecule has 9 nitrogen and oxygen atoms in total. The third kappa shape index (κ3) is 81.8. The van der Waals surface area contributed by atoms with E-state index in [1.54, 1.807) is 0 Å². The van der Waals surface area contributed by atoms with Gasteiger partial charge in [0.1, 0.15) is 13.2 Å². The van der Waals surface area contributed by atoms with Crippen LogP contribution in [-0.2, 0) is 33.3 Å². The Morgan fingerprint density at radius 3 is 0.851 bits per heavy atom. The number of quaternary nitrogens is 1. The van der Waals surface area contributed by atoms with Crippen LogP contribution >= 0.6 is 0 Å². The number of hydrogen-bond donors (Lipinski definition) is 0. The van der Waals surface area contributed by atoms with Gasteiger partial charge in [-0.1, -0.05) is 357 Å². The summed E-state index contributed by atoms with van der Waals surface area (Å²) in [6.45, 7) is 4.59. The summed E-state index contributed by atoms with van der Waals surface area (Å²) >= 11 is 0. The smallest absolute Gasteiger partial charge is 0.306 e. The van der Waals surface area contributed by atoms with E-state index < -0.39 is 24.3 Å². The van der Waals surface area contributed by atoms with E-state index in [-0.39, 0.29) is 38.6 Å². The summed E-state index contributed by atoms with van der Waals surface area (Å²) < 4.78 is 22.8. The van der Waals surface area contributed by atoms with E-state index in [2.05, 4.69) is 184 Å². The van der Waals surface area contributed by atoms with Gasteiger partial charge in [0.05, 0.1) is 40.3 Å². The minimum Gasteiger partial charge on any atom is -0.545 e. The van der Waals surface area contributed by atoms with E-state index in [4.69, 9.17) is 18.9 Å². The number of aliphatic carboxylic acids is 1. The lowest BCUT2D eigenvalue weighted by atomic mass is 10.0. The lowest BCUT2D eigenvalue weighted by Crippen LogP contribution is -2.44. The number of carbonyl (C=O) groups is 3. The zero-order valence-corrected chi connectivity index (χ0v) is 65.7. The highest BCUT2D eigenvalue weighted by Gasteiger charge is 2.22. The Hall–Kier alpha value is -5.35. The van der Waals surface area contributed by atoms with Gasteiger partial charge in [-0.15, -0.1) is 0 Å². The Balaban J connectivity index is 4.11. The summed E-state index contributed by atoms with van der Waals surface area (Å²) in [5.41, 5.74) is 0. The molecule has 9 heteroatoms. The van der Waals surface area contributed by atoms with Crippen molar-refractivity contribution >= 4 is 17.9 Å². The highest BCUT2D eigenvalue weighted by atomic mass is 16.7. The second-order valence-electron chi connectivity index (χ2n) is 28.3. The number of carboxylic acid groups (broad SMARTS) is 1. The molecule has 2 atom stereocenters. The number of carbonyl (C=O) groups excluding carboxylic acids is 3. The molecule has 0 aromatic rings. The molecule has 0 saturated heterocycles. The standard InChI is InChI=1S/C92H153NO8/c1-6-8-10-12-14-16-18-20-22-24-26-28-30-32-34-36-38-40-42-44-45-47-48-50-52-54-56-58-60-62-64-66-68-70-72-74-76-78-80-82-89(94)99-86-88(87-100-92(91(96)97)98-85-84-93(3,4)5)101-90(95)83-81-79-77-75-73-71-69-67-65-63-61-59-57-55-53-51-49-46-43-41-39-37-35-33-31-29-27-25-23-21-19-17-15-13-11-9-7-2/h9,11,15,17-18,20-21,23-24,26-27,29-30,32-33,35,39,41,46,49,53,55,59,61,65,67,71,73,88,92H,6-8,10,12-14,16,19,22,25,28,31,34,36-38,40,42-45,47-48,50-52,54,56-58,60,62-64,66,68-70,72,74-87H2,1-5H3/b11-9-,17-15-,20-18-,23-21-,26-24-,29-27-,32-30-,35-33-,41-39-,49-46-,55-53-,61-59-,67-65-,73-71-. The van der Waals surface area contributed by atoms with Crippen LogP contribution in [0.1, 0.15) is 335 Å². The van der Waals surface area contributed by atoms with Crippen molar-refractivity contribution in [3.8, 4) is 0 Å². The van der Waals surface area contributed by atoms with Crippen molar-refractivity contribution < 1.29 is 42.9 Å². The van der Waals surface area contributed by atoms with Crippen molar-refractivity contribution in [1.29, 1.82) is 0 Å². The van der Waals surface area contributed by atoms with Gasteiger partial charge in [0, 0.05) is 12.8 Å². The average Bonchev–Trinajstić information content (AvgIpc) is 1.25. The van der Waals surface area contributed by atoms with Crippen LogP contribution in [0.25, 0.3) is 0 Å². The molecular weight excluding hydrogens is 1250 g/mol. The predicted octanol–water partition coefficient (Wildman–Crippen LogP) is 25.6. The van der Waals surface area contributed by atoms with Crippen molar-refractivity contribution in [2.45, 2.75) is 347 Å². The first kappa shape index (κ1) is 95.6. The van der Waals surface area contributed by atoms with E-state index in [1.807, 2.05) is 21.1 Å². The fourth-order valence-electron chi connectivity index (χ4n) is 11.2. The summed E-state index contributed by atoms with van der Waals surface area (Å²) in [5.74, 6) is -2.33. The maximum atomic E-state index is 13.0. The van der Waals surface area contributed by atoms with Crippen LogP contribution < -0.4 is 5.11 Å². The molecule has 0 saturated carbocycles. The van der Waals surface area contributed by atoms with Gasteiger partial charge in [0.2, 0.25) is 0 Å². The molecule has 0 aliphatic heterocycles. The third-order valence-electron chi connectivity index (χ3n) is 17.4. The Morgan fingerprint density at radius 2 is 0.564 bits per heavy atom. The SMILES string of the molecule is CC/C=C\C/C=C\C/C=C\C/C=C\C/C=C\C/C=C\C/C=C\C/C=C\C/C=C\C/C=C\C/C=C\CCCCCC(=O)OC(COC(=O)CCCCCCCCCCCCCCCCCCCCCCCCCC/C=C\C/C=C\C/C=C\CCCCCCC)COC(OCC[N+](C)(C)C)C(=O)[O-]. The Bertz CT molecular complexity index is 2280. The Labute approximate surface area is 622 Å². The van der Waals surface area contributed by atoms with Crippen LogP contribution in [0.5, 0.6) is 0 Å². The van der Waals surface area contributed by atoms with Gasteiger partial charge in [-0.3, -0.25) is 9.59 Å². The van der Waals surface area contributed by atoms with Gasteiger partial charge < -0.3 is 33.3 Å². The van der Waals surface area contributed by atoms with Crippen molar-refractivity contribution in [2.75, 3.05) is 47.5 Å². The average molecular weight is 1400 g/mol. The summed E-state index contributed by atoms with van der Waals surface area (Å²) in [7, 11) is 5.92. The van der Waals surface area contributed by atoms with Gasteiger partial charge >= 0.3 is 11.9 Å². The molecule has 0 rings (SSSR count). The third-order valence-corrected chi connectivity index (χ3v) is 17.4. The molecule has 0 radical (unpaired) electrons. The minimum absolute atomic E-state index is 0.134. The number of allylic oxidation sites excluding steroid dienone is 28. The number of rotatable bonds is 75. The maximum absolute atomic E-state index is 13.0. The summed E-state index contributed by atoms with van der Waals surface area (Å²) in [6, 6.07) is 0. The number of nitrogens with zero attached hydrogens (tertiary/aromatic N) is 1. The maximum Gasteiger partial charge on any atom is 0.306 e. The van der Waals surface area contributed by atoms with Gasteiger partial charge in [-0.25, -0.2) is 0 Å². The molecule has 0 aliphatic rings. The minimum atomic E-state index is -1.64. The van der Waals surface area contributed by atoms with Gasteiger partial charge in [-0.2, -0.15) is 0 Å². The molecule has 101 heavy (non-hydrogen) atoms. The number of ether oxygens (including phenoxy) is 4. The Kier molecular flexibility index (Phi) is 76.1. The van der Waals surface area contributed by atoms with Crippen LogP contribution in [0.4, 0.5) is 0 Å². The van der Waals surface area contributed by atoms with Crippen LogP contribution in [0.3, 0.4) is 0 Å². The first-order valence-electron chi connectivity index (χ1n) is 41.3. The molecule has 0 aromatic heterocycles. The molecule has 0 fully saturated rings. The number of carboxylic acids is 1. The highest BCUT2D eigenvalue weighted by Crippen LogP contribution is 2.18. The van der Waals surface area contributed by atoms with Gasteiger partial charge in [0.15, 0.2) is 12.4 Å². The van der Waals surface area contributed by atoms with Crippen molar-refractivity contribution in [3.63, 3.8) is 0 Å². The van der Waals surface area contributed by atoms with E-state index in [1.165, 1.54) is 180 Å². The molecule has 0 aliphatic carbocycles. The van der Waals surface area contributed by atoms with Gasteiger partial charge in [-0.05, 0) is 135 Å². The van der Waals surface area contributed by atoms with E-state index >= 15 is 0 Å². The van der Waals surface area contributed by atoms with Crippen LogP contribution in [0.15, 0.2) is 170 Å². The quantitative estimate of drug-likeness (QED) is 0.0195. The molecule has 2 unspecified atom stereocenters. The van der Waals surface area contributed by atoms with Crippen LogP contribution in [0.2, 0.25) is 0 Å². The second-order valence-corrected chi connectivity index (χ2v) is 28.3. The van der Waals surface area contributed by atoms with Crippen molar-refractivity contribution in [1.82, 2.24) is 0 Å². The van der Waals surface area contributed by atoms with Crippen LogP contribution in [0, 0.1) is 0 Å². The molecule has 0 heterocycles. The number of hydrogen-bond acceptors (Lipinski definition) is 8. The second kappa shape index (κ2) is 80.3. The topological polar surface area (TPSA) is 111 Å². The fourth-order valence-corrected chi connectivity index (χ4v) is 11.2.